The highest BCUT2D eigenvalue weighted by atomic mass is 16.7. The molecule has 0 unspecified atom stereocenters. The van der Waals surface area contributed by atoms with E-state index >= 15 is 0 Å². The number of hydrogen-bond acceptors (Lipinski definition) is 6. The first-order valence-corrected chi connectivity index (χ1v) is 10.2. The van der Waals surface area contributed by atoms with Crippen LogP contribution in [0.5, 0.6) is 0 Å². The summed E-state index contributed by atoms with van der Waals surface area (Å²) in [6, 6.07) is -0.300. The third-order valence-corrected chi connectivity index (χ3v) is 5.83. The Hall–Kier alpha value is -2.57. The average Bonchev–Trinajstić information content (AvgIpc) is 3.23. The summed E-state index contributed by atoms with van der Waals surface area (Å²) in [5.41, 5.74) is 2.76. The Bertz CT molecular complexity index is 859. The maximum atomic E-state index is 13.2. The Balaban J connectivity index is 1.62. The van der Waals surface area contributed by atoms with Crippen LogP contribution in [0.1, 0.15) is 59.8 Å². The van der Waals surface area contributed by atoms with E-state index in [1.807, 2.05) is 0 Å². The molecule has 156 valence electrons. The Morgan fingerprint density at radius 1 is 1.24 bits per heavy atom. The van der Waals surface area contributed by atoms with Crippen LogP contribution in [0.15, 0.2) is 34.6 Å². The fraction of sp³-hybridized carbons (Fsp3) is 0.591. The molecule has 0 N–H and O–H groups in total. The van der Waals surface area contributed by atoms with Gasteiger partial charge in [-0.05, 0) is 65.4 Å². The van der Waals surface area contributed by atoms with E-state index in [2.05, 4.69) is 0 Å². The summed E-state index contributed by atoms with van der Waals surface area (Å²) in [6.45, 7) is 7.00. The van der Waals surface area contributed by atoms with Gasteiger partial charge in [-0.15, -0.1) is 0 Å². The van der Waals surface area contributed by atoms with Crippen molar-refractivity contribution in [1.29, 1.82) is 0 Å². The van der Waals surface area contributed by atoms with Crippen molar-refractivity contribution in [3.63, 3.8) is 0 Å². The van der Waals surface area contributed by atoms with Gasteiger partial charge in [-0.3, -0.25) is 4.79 Å². The van der Waals surface area contributed by atoms with Gasteiger partial charge in [0.2, 0.25) is 0 Å². The molecule has 1 saturated heterocycles. The maximum Gasteiger partial charge on any atom is 0.417 e. The van der Waals surface area contributed by atoms with E-state index in [0.29, 0.717) is 11.1 Å². The summed E-state index contributed by atoms with van der Waals surface area (Å²) in [5, 5.41) is 0. The minimum Gasteiger partial charge on any atom is -0.458 e. The van der Waals surface area contributed by atoms with Crippen molar-refractivity contribution in [3.05, 3.63) is 34.6 Å². The summed E-state index contributed by atoms with van der Waals surface area (Å²) in [7, 11) is 0. The van der Waals surface area contributed by atoms with E-state index in [9.17, 15) is 14.4 Å². The quantitative estimate of drug-likeness (QED) is 0.303. The average molecular weight is 401 g/mol. The van der Waals surface area contributed by atoms with Crippen LogP contribution in [-0.4, -0.2) is 40.8 Å². The van der Waals surface area contributed by atoms with Crippen molar-refractivity contribution in [3.8, 4) is 0 Å². The molecule has 0 spiro atoms. The predicted molar refractivity (Wildman–Crippen MR) is 103 cm³/mol. The molecule has 4 aliphatic rings. The molecule has 29 heavy (non-hydrogen) atoms. The molecular weight excluding hydrogens is 374 g/mol. The molecule has 2 aliphatic carbocycles. The first-order valence-electron chi connectivity index (χ1n) is 10.2. The van der Waals surface area contributed by atoms with Crippen LogP contribution in [-0.2, 0) is 23.8 Å². The fourth-order valence-corrected chi connectivity index (χ4v) is 4.60. The van der Waals surface area contributed by atoms with Gasteiger partial charge in [0, 0.05) is 17.6 Å². The minimum absolute atomic E-state index is 0.139. The van der Waals surface area contributed by atoms with Crippen LogP contribution >= 0.6 is 0 Å². The summed E-state index contributed by atoms with van der Waals surface area (Å²) in [4.78, 5) is 38.9. The number of imide groups is 1. The van der Waals surface area contributed by atoms with Gasteiger partial charge in [-0.2, -0.15) is 0 Å². The van der Waals surface area contributed by atoms with Crippen molar-refractivity contribution in [2.24, 2.45) is 5.92 Å². The van der Waals surface area contributed by atoms with Crippen LogP contribution in [0.2, 0.25) is 0 Å². The van der Waals surface area contributed by atoms with Crippen LogP contribution in [0, 0.1) is 5.92 Å². The van der Waals surface area contributed by atoms with Crippen molar-refractivity contribution in [2.75, 3.05) is 0 Å². The van der Waals surface area contributed by atoms with Crippen molar-refractivity contribution >= 4 is 18.0 Å². The molecule has 7 nitrogen and oxygen atoms in total. The van der Waals surface area contributed by atoms with E-state index in [1.54, 1.807) is 33.8 Å². The second-order valence-corrected chi connectivity index (χ2v) is 9.08. The molecule has 1 fully saturated rings. The smallest absolute Gasteiger partial charge is 0.417 e. The number of carbonyl (C=O) groups is 3. The number of fused-ring (bicyclic) bond motifs is 2. The summed E-state index contributed by atoms with van der Waals surface area (Å²) in [5.74, 6) is -0.964. The fourth-order valence-electron chi connectivity index (χ4n) is 4.60. The second kappa shape index (κ2) is 7.04. The molecule has 7 heteroatoms. The number of carbonyl (C=O) groups excluding carboxylic acids is 3. The highest BCUT2D eigenvalue weighted by molar-refractivity contribution is 6.06. The SMILES string of the molecule is CC1=C[C@@H](O/C=C2/C(=O)N(C(=O)OC(C)(C)C)[C@@H]3C4=C(CCCC4)C[C@H]23)OC1=O. The monoisotopic (exact) mass is 401 g/mol. The molecule has 0 aromatic rings. The Morgan fingerprint density at radius 3 is 2.62 bits per heavy atom. The van der Waals surface area contributed by atoms with Gasteiger partial charge in [0.1, 0.15) is 5.60 Å². The van der Waals surface area contributed by atoms with Crippen molar-refractivity contribution in [2.45, 2.75) is 77.7 Å². The Kier molecular flexibility index (Phi) is 4.79. The molecule has 0 aromatic carbocycles. The van der Waals surface area contributed by atoms with Gasteiger partial charge in [-0.25, -0.2) is 14.5 Å². The minimum atomic E-state index is -0.846. The third kappa shape index (κ3) is 3.58. The lowest BCUT2D eigenvalue weighted by Crippen LogP contribution is -2.43. The van der Waals surface area contributed by atoms with E-state index in [4.69, 9.17) is 14.2 Å². The lowest BCUT2D eigenvalue weighted by molar-refractivity contribution is -0.152. The van der Waals surface area contributed by atoms with Gasteiger partial charge >= 0.3 is 12.1 Å². The van der Waals surface area contributed by atoms with E-state index in [1.165, 1.54) is 22.3 Å². The molecule has 0 radical (unpaired) electrons. The molecule has 2 aliphatic heterocycles. The molecule has 0 saturated carbocycles. The highest BCUT2D eigenvalue weighted by Crippen LogP contribution is 2.50. The molecular formula is C22H27NO6. The standard InChI is InChI=1S/C22H27NO6/c1-12-9-17(28-20(12)25)27-11-16-15-10-13-7-5-6-8-14(13)18(15)23(19(16)24)21(26)29-22(2,3)4/h9,11,15,17-18H,5-8,10H2,1-4H3/b16-11+/t15-,17+,18-/m1/s1. The Morgan fingerprint density at radius 2 is 1.97 bits per heavy atom. The van der Waals surface area contributed by atoms with E-state index in [-0.39, 0.29) is 12.0 Å². The first-order chi connectivity index (χ1) is 13.7. The van der Waals surface area contributed by atoms with E-state index < -0.39 is 29.9 Å². The number of nitrogens with zero attached hydrogens (tertiary/aromatic N) is 1. The number of ether oxygens (including phenoxy) is 3. The van der Waals surface area contributed by atoms with Gasteiger partial charge in [0.15, 0.2) is 0 Å². The number of likely N-dealkylation sites (tertiary alicyclic amines) is 1. The molecule has 0 bridgehead atoms. The van der Waals surface area contributed by atoms with E-state index in [0.717, 1.165) is 32.1 Å². The number of cyclic esters (lactones) is 1. The van der Waals surface area contributed by atoms with Crippen LogP contribution < -0.4 is 0 Å². The molecule has 0 aromatic heterocycles. The zero-order chi connectivity index (χ0) is 20.9. The number of esters is 1. The largest absolute Gasteiger partial charge is 0.458 e. The van der Waals surface area contributed by atoms with Crippen LogP contribution in [0.3, 0.4) is 0 Å². The first kappa shape index (κ1) is 19.7. The number of allylic oxidation sites excluding steroid dienone is 1. The number of amides is 2. The van der Waals surface area contributed by atoms with Crippen molar-refractivity contribution < 1.29 is 28.6 Å². The highest BCUT2D eigenvalue weighted by Gasteiger charge is 2.54. The molecule has 2 heterocycles. The normalized spacial score (nSPS) is 30.3. The lowest BCUT2D eigenvalue weighted by atomic mass is 9.92. The Labute approximate surface area is 170 Å². The zero-order valence-electron chi connectivity index (χ0n) is 17.3. The van der Waals surface area contributed by atoms with Gasteiger partial charge in [-0.1, -0.05) is 5.57 Å². The van der Waals surface area contributed by atoms with Crippen LogP contribution in [0.4, 0.5) is 4.79 Å². The maximum absolute atomic E-state index is 13.2. The lowest BCUT2D eigenvalue weighted by Gasteiger charge is -2.29. The van der Waals surface area contributed by atoms with Gasteiger partial charge in [0.05, 0.1) is 17.9 Å². The number of rotatable bonds is 2. The molecule has 3 atom stereocenters. The molecule has 4 rings (SSSR count). The predicted octanol–water partition coefficient (Wildman–Crippen LogP) is 3.75. The molecule has 2 amide bonds. The second-order valence-electron chi connectivity index (χ2n) is 9.08. The van der Waals surface area contributed by atoms with Gasteiger partial charge < -0.3 is 14.2 Å². The number of hydrogen-bond donors (Lipinski definition) is 0. The summed E-state index contributed by atoms with van der Waals surface area (Å²) in [6.07, 6.45) is 6.33. The summed E-state index contributed by atoms with van der Waals surface area (Å²) < 4.78 is 16.2. The zero-order valence-corrected chi connectivity index (χ0v) is 17.3. The van der Waals surface area contributed by atoms with Crippen molar-refractivity contribution in [1.82, 2.24) is 4.90 Å². The topological polar surface area (TPSA) is 82.1 Å². The third-order valence-electron chi connectivity index (χ3n) is 5.83. The summed E-state index contributed by atoms with van der Waals surface area (Å²) >= 11 is 0. The van der Waals surface area contributed by atoms with Gasteiger partial charge in [0.25, 0.3) is 12.2 Å². The van der Waals surface area contributed by atoms with Crippen LogP contribution in [0.25, 0.3) is 0 Å².